The third kappa shape index (κ3) is 4.83. The number of aromatic nitrogens is 1. The van der Waals surface area contributed by atoms with E-state index < -0.39 is 9.84 Å². The molecule has 1 atom stereocenters. The second kappa shape index (κ2) is 7.75. The molecule has 0 aliphatic heterocycles. The number of oxazole rings is 1. The van der Waals surface area contributed by atoms with Crippen molar-refractivity contribution in [3.05, 3.63) is 72.1 Å². The maximum absolute atomic E-state index is 12.3. The van der Waals surface area contributed by atoms with Crippen molar-refractivity contribution in [3.63, 3.8) is 0 Å². The zero-order valence-corrected chi connectivity index (χ0v) is 15.9. The van der Waals surface area contributed by atoms with Crippen LogP contribution in [-0.2, 0) is 21.1 Å². The molecule has 2 aromatic carbocycles. The van der Waals surface area contributed by atoms with Gasteiger partial charge in [0, 0.05) is 11.8 Å². The third-order valence-corrected chi connectivity index (χ3v) is 5.23. The van der Waals surface area contributed by atoms with E-state index in [0.29, 0.717) is 11.6 Å². The van der Waals surface area contributed by atoms with E-state index in [0.717, 1.165) is 17.4 Å². The molecular formula is C20H20N2O4S. The van der Waals surface area contributed by atoms with Crippen LogP contribution in [0.4, 0.5) is 0 Å². The van der Waals surface area contributed by atoms with Crippen LogP contribution in [0.1, 0.15) is 24.2 Å². The SMILES string of the molecule is C[C@H](NC(=O)Cc1coc(-c2ccccc2)n1)c1ccc(S(C)(=O)=O)cc1. The summed E-state index contributed by atoms with van der Waals surface area (Å²) in [5.74, 6) is 0.283. The molecule has 7 heteroatoms. The van der Waals surface area contributed by atoms with Crippen LogP contribution < -0.4 is 5.32 Å². The number of sulfone groups is 1. The third-order valence-electron chi connectivity index (χ3n) is 4.10. The molecule has 3 rings (SSSR count). The number of hydrogen-bond acceptors (Lipinski definition) is 5. The highest BCUT2D eigenvalue weighted by atomic mass is 32.2. The van der Waals surface area contributed by atoms with Gasteiger partial charge in [0.15, 0.2) is 9.84 Å². The first-order chi connectivity index (χ1) is 12.8. The van der Waals surface area contributed by atoms with Gasteiger partial charge in [0.05, 0.1) is 23.1 Å². The predicted octanol–water partition coefficient (Wildman–Crippen LogP) is 3.17. The lowest BCUT2D eigenvalue weighted by molar-refractivity contribution is -0.121. The second-order valence-electron chi connectivity index (χ2n) is 6.32. The van der Waals surface area contributed by atoms with E-state index in [1.165, 1.54) is 18.4 Å². The first-order valence-electron chi connectivity index (χ1n) is 8.42. The van der Waals surface area contributed by atoms with Gasteiger partial charge in [-0.05, 0) is 36.8 Å². The number of benzene rings is 2. The van der Waals surface area contributed by atoms with Crippen LogP contribution in [0.15, 0.2) is 70.2 Å². The summed E-state index contributed by atoms with van der Waals surface area (Å²) in [5.41, 5.74) is 2.22. The first-order valence-corrected chi connectivity index (χ1v) is 10.3. The molecular weight excluding hydrogens is 364 g/mol. The molecule has 0 aliphatic rings. The largest absolute Gasteiger partial charge is 0.444 e. The molecule has 27 heavy (non-hydrogen) atoms. The Labute approximate surface area is 158 Å². The molecule has 0 unspecified atom stereocenters. The van der Waals surface area contributed by atoms with Crippen LogP contribution in [0, 0.1) is 0 Å². The monoisotopic (exact) mass is 384 g/mol. The van der Waals surface area contributed by atoms with E-state index in [2.05, 4.69) is 10.3 Å². The fourth-order valence-electron chi connectivity index (χ4n) is 2.65. The fourth-order valence-corrected chi connectivity index (χ4v) is 3.28. The number of carbonyl (C=O) groups excluding carboxylic acids is 1. The quantitative estimate of drug-likeness (QED) is 0.705. The van der Waals surface area contributed by atoms with Gasteiger partial charge in [-0.1, -0.05) is 30.3 Å². The van der Waals surface area contributed by atoms with E-state index in [9.17, 15) is 13.2 Å². The van der Waals surface area contributed by atoms with Crippen LogP contribution in [0.25, 0.3) is 11.5 Å². The highest BCUT2D eigenvalue weighted by molar-refractivity contribution is 7.90. The molecule has 0 saturated carbocycles. The zero-order chi connectivity index (χ0) is 19.4. The van der Waals surface area contributed by atoms with Crippen LogP contribution in [0.2, 0.25) is 0 Å². The molecule has 0 bridgehead atoms. The van der Waals surface area contributed by atoms with Crippen LogP contribution >= 0.6 is 0 Å². The molecule has 1 N–H and O–H groups in total. The average molecular weight is 384 g/mol. The van der Waals surface area contributed by atoms with Gasteiger partial charge in [0.1, 0.15) is 6.26 Å². The Bertz CT molecular complexity index is 1030. The molecule has 0 radical (unpaired) electrons. The minimum atomic E-state index is -3.24. The van der Waals surface area contributed by atoms with Crippen molar-refractivity contribution < 1.29 is 17.6 Å². The number of carbonyl (C=O) groups is 1. The lowest BCUT2D eigenvalue weighted by Crippen LogP contribution is -2.28. The molecule has 3 aromatic rings. The van der Waals surface area contributed by atoms with E-state index >= 15 is 0 Å². The molecule has 0 saturated heterocycles. The summed E-state index contributed by atoms with van der Waals surface area (Å²) in [5, 5.41) is 2.88. The minimum absolute atomic E-state index is 0.0993. The molecule has 6 nitrogen and oxygen atoms in total. The Morgan fingerprint density at radius 3 is 2.41 bits per heavy atom. The summed E-state index contributed by atoms with van der Waals surface area (Å²) in [4.78, 5) is 16.9. The number of amides is 1. The van der Waals surface area contributed by atoms with Gasteiger partial charge < -0.3 is 9.73 Å². The van der Waals surface area contributed by atoms with Crippen molar-refractivity contribution in [3.8, 4) is 11.5 Å². The lowest BCUT2D eigenvalue weighted by Gasteiger charge is -2.14. The standard InChI is InChI=1S/C20H20N2O4S/c1-14(15-8-10-18(11-9-15)27(2,24)25)21-19(23)12-17-13-26-20(22-17)16-6-4-3-5-7-16/h3-11,13-14H,12H2,1-2H3,(H,21,23)/t14-/m0/s1. The Kier molecular flexibility index (Phi) is 5.41. The predicted molar refractivity (Wildman–Crippen MR) is 102 cm³/mol. The molecule has 1 heterocycles. The molecule has 1 aromatic heterocycles. The Hall–Kier alpha value is -2.93. The number of nitrogens with zero attached hydrogens (tertiary/aromatic N) is 1. The molecule has 140 valence electrons. The van der Waals surface area contributed by atoms with Gasteiger partial charge in [-0.15, -0.1) is 0 Å². The Morgan fingerprint density at radius 2 is 1.78 bits per heavy atom. The number of nitrogens with one attached hydrogen (secondary N) is 1. The maximum Gasteiger partial charge on any atom is 0.226 e. The van der Waals surface area contributed by atoms with Crippen LogP contribution in [0.3, 0.4) is 0 Å². The average Bonchev–Trinajstić information content (AvgIpc) is 3.10. The molecule has 0 spiro atoms. The summed E-state index contributed by atoms with van der Waals surface area (Å²) < 4.78 is 28.5. The topological polar surface area (TPSA) is 89.3 Å². The highest BCUT2D eigenvalue weighted by Gasteiger charge is 2.14. The van der Waals surface area contributed by atoms with E-state index in [-0.39, 0.29) is 23.3 Å². The summed E-state index contributed by atoms with van der Waals surface area (Å²) in [6.45, 7) is 1.84. The smallest absolute Gasteiger partial charge is 0.226 e. The van der Waals surface area contributed by atoms with Gasteiger partial charge in [-0.25, -0.2) is 13.4 Å². The normalized spacial score (nSPS) is 12.5. The second-order valence-corrected chi connectivity index (χ2v) is 8.33. The lowest BCUT2D eigenvalue weighted by atomic mass is 10.1. The number of hydrogen-bond donors (Lipinski definition) is 1. The molecule has 0 fully saturated rings. The fraction of sp³-hybridized carbons (Fsp3) is 0.200. The van der Waals surface area contributed by atoms with Crippen molar-refractivity contribution in [2.75, 3.05) is 6.26 Å². The van der Waals surface area contributed by atoms with Crippen molar-refractivity contribution in [2.45, 2.75) is 24.3 Å². The van der Waals surface area contributed by atoms with Gasteiger partial charge in [0.2, 0.25) is 11.8 Å². The number of rotatable bonds is 6. The van der Waals surface area contributed by atoms with E-state index in [1.54, 1.807) is 12.1 Å². The summed E-state index contributed by atoms with van der Waals surface area (Å²) >= 11 is 0. The summed E-state index contributed by atoms with van der Waals surface area (Å²) in [6.07, 6.45) is 2.74. The van der Waals surface area contributed by atoms with E-state index in [4.69, 9.17) is 4.42 Å². The van der Waals surface area contributed by atoms with Gasteiger partial charge in [0.25, 0.3) is 0 Å². The van der Waals surface area contributed by atoms with Crippen molar-refractivity contribution >= 4 is 15.7 Å². The molecule has 0 aliphatic carbocycles. The Morgan fingerprint density at radius 1 is 1.11 bits per heavy atom. The highest BCUT2D eigenvalue weighted by Crippen LogP contribution is 2.19. The van der Waals surface area contributed by atoms with Crippen molar-refractivity contribution in [2.24, 2.45) is 0 Å². The zero-order valence-electron chi connectivity index (χ0n) is 15.0. The maximum atomic E-state index is 12.3. The van der Waals surface area contributed by atoms with Crippen LogP contribution in [-0.4, -0.2) is 25.6 Å². The first kappa shape index (κ1) is 18.8. The molecule has 1 amide bonds. The van der Waals surface area contributed by atoms with Gasteiger partial charge in [-0.3, -0.25) is 4.79 Å². The Balaban J connectivity index is 1.61. The minimum Gasteiger partial charge on any atom is -0.444 e. The van der Waals surface area contributed by atoms with E-state index in [1.807, 2.05) is 37.3 Å². The summed E-state index contributed by atoms with van der Waals surface area (Å²) in [7, 11) is -3.24. The van der Waals surface area contributed by atoms with Gasteiger partial charge in [-0.2, -0.15) is 0 Å². The van der Waals surface area contributed by atoms with Crippen molar-refractivity contribution in [1.29, 1.82) is 0 Å². The van der Waals surface area contributed by atoms with Gasteiger partial charge >= 0.3 is 0 Å². The summed E-state index contributed by atoms with van der Waals surface area (Å²) in [6, 6.07) is 15.7. The van der Waals surface area contributed by atoms with Crippen LogP contribution in [0.5, 0.6) is 0 Å². The van der Waals surface area contributed by atoms with Crippen molar-refractivity contribution in [1.82, 2.24) is 10.3 Å².